The Kier molecular flexibility index (Phi) is 3.94. The van der Waals surface area contributed by atoms with Crippen LogP contribution >= 0.6 is 23.8 Å². The van der Waals surface area contributed by atoms with Gasteiger partial charge in [-0.3, -0.25) is 4.98 Å². The molecule has 0 amide bonds. The Morgan fingerprint density at radius 2 is 2.10 bits per heavy atom. The van der Waals surface area contributed by atoms with Crippen LogP contribution in [0.25, 0.3) is 0 Å². The van der Waals surface area contributed by atoms with Crippen LogP contribution < -0.4 is 10.6 Å². The molecule has 3 rings (SSSR count). The van der Waals surface area contributed by atoms with Crippen LogP contribution in [0.4, 0.5) is 10.2 Å². The lowest BCUT2D eigenvalue weighted by atomic mass is 10.2. The van der Waals surface area contributed by atoms with Crippen LogP contribution in [-0.2, 0) is 0 Å². The van der Waals surface area contributed by atoms with Crippen molar-refractivity contribution in [1.29, 1.82) is 0 Å². The maximum Gasteiger partial charge on any atom is 0.172 e. The van der Waals surface area contributed by atoms with E-state index in [2.05, 4.69) is 25.6 Å². The average molecular weight is 324 g/mol. The zero-order chi connectivity index (χ0) is 14.8. The van der Waals surface area contributed by atoms with Gasteiger partial charge >= 0.3 is 0 Å². The topological polar surface area (TPSA) is 62.7 Å². The van der Waals surface area contributed by atoms with Crippen LogP contribution in [0, 0.1) is 5.82 Å². The first-order valence-corrected chi connectivity index (χ1v) is 7.08. The molecule has 2 N–H and O–H groups in total. The second-order valence-electron chi connectivity index (χ2n) is 4.61. The fraction of sp³-hybridized carbons (Fsp3) is 0.231. The summed E-state index contributed by atoms with van der Waals surface area (Å²) < 4.78 is 13.6. The van der Waals surface area contributed by atoms with Crippen LogP contribution in [0.15, 0.2) is 30.7 Å². The molecule has 1 aliphatic rings. The number of halogens is 2. The van der Waals surface area contributed by atoms with Crippen molar-refractivity contribution in [3.8, 4) is 0 Å². The van der Waals surface area contributed by atoms with E-state index >= 15 is 0 Å². The van der Waals surface area contributed by atoms with Gasteiger partial charge in [-0.2, -0.15) is 0 Å². The lowest BCUT2D eigenvalue weighted by Crippen LogP contribution is -2.31. The molecule has 1 aliphatic carbocycles. The van der Waals surface area contributed by atoms with Crippen LogP contribution in [-0.4, -0.2) is 26.1 Å². The summed E-state index contributed by atoms with van der Waals surface area (Å²) in [5, 5.41) is 6.58. The fourth-order valence-electron chi connectivity index (χ4n) is 2.04. The van der Waals surface area contributed by atoms with Crippen molar-refractivity contribution in [3.05, 3.63) is 47.4 Å². The molecular weight excluding hydrogens is 313 g/mol. The number of aromatic nitrogens is 3. The van der Waals surface area contributed by atoms with E-state index in [9.17, 15) is 4.39 Å². The summed E-state index contributed by atoms with van der Waals surface area (Å²) in [6.45, 7) is 0. The number of rotatable bonds is 3. The Morgan fingerprint density at radius 3 is 2.86 bits per heavy atom. The van der Waals surface area contributed by atoms with Crippen molar-refractivity contribution in [1.82, 2.24) is 20.3 Å². The van der Waals surface area contributed by atoms with Crippen molar-refractivity contribution in [2.45, 2.75) is 18.4 Å². The molecule has 0 radical (unpaired) electrons. The first-order valence-electron chi connectivity index (χ1n) is 6.29. The molecule has 0 spiro atoms. The fourth-order valence-corrected chi connectivity index (χ4v) is 2.44. The van der Waals surface area contributed by atoms with Gasteiger partial charge in [0.2, 0.25) is 0 Å². The smallest absolute Gasteiger partial charge is 0.172 e. The number of thiocarbonyl (C=S) groups is 1. The van der Waals surface area contributed by atoms with Crippen molar-refractivity contribution in [2.75, 3.05) is 5.32 Å². The van der Waals surface area contributed by atoms with Gasteiger partial charge in [0.15, 0.2) is 16.1 Å². The summed E-state index contributed by atoms with van der Waals surface area (Å²) in [6.07, 6.45) is 5.37. The highest BCUT2D eigenvalue weighted by Crippen LogP contribution is 2.40. The Bertz CT molecular complexity index is 683. The molecule has 1 saturated carbocycles. The third kappa shape index (κ3) is 3.25. The highest BCUT2D eigenvalue weighted by atomic mass is 35.5. The van der Waals surface area contributed by atoms with Crippen molar-refractivity contribution in [3.63, 3.8) is 0 Å². The van der Waals surface area contributed by atoms with E-state index in [0.717, 1.165) is 6.42 Å². The SMILES string of the molecule is Fc1cccnc1C1CC1NC(=S)Nc1nccnc1Cl. The second kappa shape index (κ2) is 5.87. The van der Waals surface area contributed by atoms with E-state index in [1.165, 1.54) is 18.5 Å². The van der Waals surface area contributed by atoms with E-state index in [0.29, 0.717) is 16.6 Å². The molecule has 21 heavy (non-hydrogen) atoms. The third-order valence-corrected chi connectivity index (χ3v) is 3.63. The van der Waals surface area contributed by atoms with Gasteiger partial charge in [0.05, 0.1) is 5.69 Å². The van der Waals surface area contributed by atoms with Gasteiger partial charge in [-0.25, -0.2) is 14.4 Å². The van der Waals surface area contributed by atoms with Crippen LogP contribution in [0.1, 0.15) is 18.0 Å². The van der Waals surface area contributed by atoms with Crippen molar-refractivity contribution >= 4 is 34.7 Å². The molecule has 8 heteroatoms. The predicted molar refractivity (Wildman–Crippen MR) is 81.7 cm³/mol. The lowest BCUT2D eigenvalue weighted by molar-refractivity contribution is 0.597. The maximum absolute atomic E-state index is 13.6. The molecule has 2 unspecified atom stereocenters. The molecule has 0 saturated heterocycles. The minimum absolute atomic E-state index is 0.0308. The minimum atomic E-state index is -0.289. The third-order valence-electron chi connectivity index (χ3n) is 3.13. The number of anilines is 1. The number of hydrogen-bond donors (Lipinski definition) is 2. The first kappa shape index (κ1) is 14.1. The standard InChI is InChI=1S/C13H11ClFN5S/c14-11-12(18-5-4-17-11)20-13(21)19-9-6-7(9)10-8(15)2-1-3-16-10/h1-5,7,9H,6H2,(H2,18,19,20,21). The highest BCUT2D eigenvalue weighted by molar-refractivity contribution is 7.80. The Hall–Kier alpha value is -1.86. The zero-order valence-corrected chi connectivity index (χ0v) is 12.3. The average Bonchev–Trinajstić information content (AvgIpc) is 3.21. The molecule has 2 aromatic rings. The number of pyridine rings is 1. The van der Waals surface area contributed by atoms with E-state index in [1.807, 2.05) is 0 Å². The van der Waals surface area contributed by atoms with Gasteiger partial charge in [0.1, 0.15) is 5.82 Å². The lowest BCUT2D eigenvalue weighted by Gasteiger charge is -2.10. The molecule has 0 aromatic carbocycles. The number of nitrogens with one attached hydrogen (secondary N) is 2. The van der Waals surface area contributed by atoms with E-state index in [-0.39, 0.29) is 22.9 Å². The Morgan fingerprint density at radius 1 is 1.29 bits per heavy atom. The van der Waals surface area contributed by atoms with E-state index < -0.39 is 0 Å². The Labute approximate surface area is 131 Å². The Balaban J connectivity index is 1.58. The molecule has 0 aliphatic heterocycles. The normalized spacial score (nSPS) is 19.9. The first-order chi connectivity index (χ1) is 10.1. The van der Waals surface area contributed by atoms with E-state index in [1.54, 1.807) is 12.3 Å². The molecule has 5 nitrogen and oxygen atoms in total. The quantitative estimate of drug-likeness (QED) is 0.846. The molecule has 2 atom stereocenters. The summed E-state index contributed by atoms with van der Waals surface area (Å²) in [5.41, 5.74) is 0.468. The van der Waals surface area contributed by atoms with Crippen LogP contribution in [0.3, 0.4) is 0 Å². The predicted octanol–water partition coefficient (Wildman–Crippen LogP) is 2.51. The molecule has 0 bridgehead atoms. The molecule has 2 aromatic heterocycles. The summed E-state index contributed by atoms with van der Waals surface area (Å²) in [7, 11) is 0. The zero-order valence-electron chi connectivity index (χ0n) is 10.8. The molecule has 108 valence electrons. The molecular formula is C13H11ClFN5S. The summed E-state index contributed by atoms with van der Waals surface area (Å²) in [4.78, 5) is 12.0. The van der Waals surface area contributed by atoms with E-state index in [4.69, 9.17) is 23.8 Å². The maximum atomic E-state index is 13.6. The largest absolute Gasteiger partial charge is 0.359 e. The van der Waals surface area contributed by atoms with Gasteiger partial charge in [-0.05, 0) is 30.8 Å². The summed E-state index contributed by atoms with van der Waals surface area (Å²) in [5.74, 6) is 0.129. The second-order valence-corrected chi connectivity index (χ2v) is 5.38. The van der Waals surface area contributed by atoms with Crippen molar-refractivity contribution < 1.29 is 4.39 Å². The number of hydrogen-bond acceptors (Lipinski definition) is 4. The van der Waals surface area contributed by atoms with Gasteiger partial charge in [0, 0.05) is 30.6 Å². The van der Waals surface area contributed by atoms with Gasteiger partial charge in [-0.1, -0.05) is 11.6 Å². The van der Waals surface area contributed by atoms with Gasteiger partial charge < -0.3 is 10.6 Å². The van der Waals surface area contributed by atoms with Gasteiger partial charge in [0.25, 0.3) is 0 Å². The molecule has 1 fully saturated rings. The number of nitrogens with zero attached hydrogens (tertiary/aromatic N) is 3. The highest BCUT2D eigenvalue weighted by Gasteiger charge is 2.41. The monoisotopic (exact) mass is 323 g/mol. The van der Waals surface area contributed by atoms with Crippen LogP contribution in [0.2, 0.25) is 5.15 Å². The summed E-state index contributed by atoms with van der Waals surface area (Å²) >= 11 is 11.1. The summed E-state index contributed by atoms with van der Waals surface area (Å²) in [6, 6.07) is 3.05. The van der Waals surface area contributed by atoms with Crippen molar-refractivity contribution in [2.24, 2.45) is 0 Å². The molecule has 2 heterocycles. The van der Waals surface area contributed by atoms with Gasteiger partial charge in [-0.15, -0.1) is 0 Å². The minimum Gasteiger partial charge on any atom is -0.359 e. The van der Waals surface area contributed by atoms with Crippen LogP contribution in [0.5, 0.6) is 0 Å².